The third kappa shape index (κ3) is 2.80. The lowest BCUT2D eigenvalue weighted by Crippen LogP contribution is -2.48. The summed E-state index contributed by atoms with van der Waals surface area (Å²) in [7, 11) is 0. The Hall–Kier alpha value is -3.47. The summed E-state index contributed by atoms with van der Waals surface area (Å²) in [6.45, 7) is 2.28. The van der Waals surface area contributed by atoms with E-state index in [0.717, 1.165) is 36.4 Å². The smallest absolute Gasteiger partial charge is 0.227 e. The van der Waals surface area contributed by atoms with Gasteiger partial charge in [0.05, 0.1) is 11.9 Å². The van der Waals surface area contributed by atoms with Crippen LogP contribution in [-0.4, -0.2) is 15.1 Å². The molecule has 31 heavy (non-hydrogen) atoms. The van der Waals surface area contributed by atoms with Crippen molar-refractivity contribution in [1.29, 1.82) is 0 Å². The summed E-state index contributed by atoms with van der Waals surface area (Å²) < 4.78 is 5.69. The molecule has 0 radical (unpaired) electrons. The lowest BCUT2D eigenvalue weighted by molar-refractivity contribution is 0.189. The summed E-state index contributed by atoms with van der Waals surface area (Å²) in [5.74, 6) is 2.35. The zero-order chi connectivity index (χ0) is 20.8. The minimum absolute atomic E-state index is 0.219. The standard InChI is InChI=1S/C26H24N4O/c1-17-22-13-12-18-15-27-25(29-21-10-6-3-7-11-21)30-24(18)26(22,20-8-4-2-5-9-20)14-19-16-28-31-23(17)19/h2-11,15-17,22H,12-14H2,1H3,(H,27,29,30). The molecule has 6 rings (SSSR count). The fourth-order valence-corrected chi connectivity index (χ4v) is 5.76. The molecular weight excluding hydrogens is 384 g/mol. The molecule has 2 heterocycles. The molecule has 2 aliphatic rings. The molecule has 2 aromatic heterocycles. The monoisotopic (exact) mass is 408 g/mol. The van der Waals surface area contributed by atoms with Gasteiger partial charge in [-0.25, -0.2) is 9.97 Å². The number of aryl methyl sites for hydroxylation is 1. The maximum absolute atomic E-state index is 5.69. The highest BCUT2D eigenvalue weighted by molar-refractivity contribution is 5.55. The Bertz CT molecular complexity index is 1220. The molecule has 0 spiro atoms. The summed E-state index contributed by atoms with van der Waals surface area (Å²) >= 11 is 0. The molecule has 4 aromatic rings. The fraction of sp³-hybridized carbons (Fsp3) is 0.269. The molecule has 0 fully saturated rings. The van der Waals surface area contributed by atoms with Crippen LogP contribution in [0.25, 0.3) is 0 Å². The number of fused-ring (bicyclic) bond motifs is 4. The topological polar surface area (TPSA) is 63.8 Å². The van der Waals surface area contributed by atoms with Crippen LogP contribution in [0, 0.1) is 5.92 Å². The van der Waals surface area contributed by atoms with Crippen LogP contribution in [0.15, 0.2) is 77.6 Å². The van der Waals surface area contributed by atoms with E-state index in [1.807, 2.05) is 42.7 Å². The average Bonchev–Trinajstić information content (AvgIpc) is 3.29. The molecule has 0 amide bonds. The third-order valence-corrected chi connectivity index (χ3v) is 7.13. The van der Waals surface area contributed by atoms with Crippen LogP contribution < -0.4 is 5.32 Å². The lowest BCUT2D eigenvalue weighted by Gasteiger charge is -2.49. The van der Waals surface area contributed by atoms with Crippen LogP contribution in [0.3, 0.4) is 0 Å². The van der Waals surface area contributed by atoms with Crippen LogP contribution in [0.4, 0.5) is 11.6 Å². The number of aromatic nitrogens is 3. The van der Waals surface area contributed by atoms with E-state index in [-0.39, 0.29) is 11.3 Å². The number of nitrogens with zero attached hydrogens (tertiary/aromatic N) is 3. The fourth-order valence-electron chi connectivity index (χ4n) is 5.76. The molecular formula is C26H24N4O. The maximum atomic E-state index is 5.69. The van der Waals surface area contributed by atoms with Gasteiger partial charge >= 0.3 is 0 Å². The Morgan fingerprint density at radius 3 is 2.55 bits per heavy atom. The zero-order valence-electron chi connectivity index (χ0n) is 17.5. The molecule has 0 saturated carbocycles. The van der Waals surface area contributed by atoms with Crippen molar-refractivity contribution < 1.29 is 4.52 Å². The van der Waals surface area contributed by atoms with Crippen molar-refractivity contribution in [2.24, 2.45) is 5.92 Å². The highest BCUT2D eigenvalue weighted by Gasteiger charge is 2.53. The number of hydrogen-bond donors (Lipinski definition) is 1. The van der Waals surface area contributed by atoms with Crippen LogP contribution in [0.5, 0.6) is 0 Å². The van der Waals surface area contributed by atoms with E-state index in [9.17, 15) is 0 Å². The van der Waals surface area contributed by atoms with Crippen LogP contribution in [-0.2, 0) is 18.3 Å². The van der Waals surface area contributed by atoms with E-state index in [1.54, 1.807) is 0 Å². The minimum atomic E-state index is -0.219. The van der Waals surface area contributed by atoms with Gasteiger partial charge in [-0.15, -0.1) is 0 Å². The van der Waals surface area contributed by atoms with Gasteiger partial charge in [-0.1, -0.05) is 60.6 Å². The first-order valence-electron chi connectivity index (χ1n) is 10.9. The number of benzene rings is 2. The van der Waals surface area contributed by atoms with Crippen LogP contribution in [0.2, 0.25) is 0 Å². The molecule has 2 aromatic carbocycles. The van der Waals surface area contributed by atoms with E-state index >= 15 is 0 Å². The molecule has 1 N–H and O–H groups in total. The molecule has 0 aliphatic heterocycles. The van der Waals surface area contributed by atoms with E-state index < -0.39 is 0 Å². The number of hydrogen-bond acceptors (Lipinski definition) is 5. The van der Waals surface area contributed by atoms with Crippen molar-refractivity contribution in [2.45, 2.75) is 37.5 Å². The summed E-state index contributed by atoms with van der Waals surface area (Å²) in [5.41, 5.74) is 5.65. The number of nitrogens with one attached hydrogen (secondary N) is 1. The predicted octanol–water partition coefficient (Wildman–Crippen LogP) is 5.42. The van der Waals surface area contributed by atoms with E-state index in [1.165, 1.54) is 16.7 Å². The Balaban J connectivity index is 1.55. The molecule has 0 bridgehead atoms. The summed E-state index contributed by atoms with van der Waals surface area (Å²) in [4.78, 5) is 9.81. The van der Waals surface area contributed by atoms with Crippen molar-refractivity contribution in [2.75, 3.05) is 5.32 Å². The quantitative estimate of drug-likeness (QED) is 0.491. The maximum Gasteiger partial charge on any atom is 0.227 e. The molecule has 5 nitrogen and oxygen atoms in total. The van der Waals surface area contributed by atoms with Gasteiger partial charge in [-0.2, -0.15) is 0 Å². The molecule has 154 valence electrons. The van der Waals surface area contributed by atoms with E-state index in [0.29, 0.717) is 11.9 Å². The average molecular weight is 409 g/mol. The number of rotatable bonds is 3. The molecule has 3 atom stereocenters. The largest absolute Gasteiger partial charge is 0.361 e. The van der Waals surface area contributed by atoms with E-state index in [2.05, 4.69) is 52.7 Å². The van der Waals surface area contributed by atoms with Gasteiger partial charge in [-0.05, 0) is 48.4 Å². The van der Waals surface area contributed by atoms with Gasteiger partial charge in [0.15, 0.2) is 0 Å². The van der Waals surface area contributed by atoms with Gasteiger partial charge in [0.1, 0.15) is 5.76 Å². The van der Waals surface area contributed by atoms with Crippen LogP contribution >= 0.6 is 0 Å². The Morgan fingerprint density at radius 1 is 0.968 bits per heavy atom. The Labute approximate surface area is 181 Å². The van der Waals surface area contributed by atoms with E-state index in [4.69, 9.17) is 9.51 Å². The minimum Gasteiger partial charge on any atom is -0.361 e. The summed E-state index contributed by atoms with van der Waals surface area (Å²) in [6, 6.07) is 20.9. The first kappa shape index (κ1) is 18.3. The number of para-hydroxylation sites is 1. The molecule has 5 heteroatoms. The zero-order valence-corrected chi connectivity index (χ0v) is 17.5. The van der Waals surface area contributed by atoms with Crippen molar-refractivity contribution in [3.63, 3.8) is 0 Å². The summed E-state index contributed by atoms with van der Waals surface area (Å²) in [6.07, 6.45) is 6.82. The lowest BCUT2D eigenvalue weighted by atomic mass is 9.53. The van der Waals surface area contributed by atoms with Gasteiger partial charge in [-0.3, -0.25) is 0 Å². The molecule has 2 aliphatic carbocycles. The third-order valence-electron chi connectivity index (χ3n) is 7.13. The van der Waals surface area contributed by atoms with Crippen LogP contribution in [0.1, 0.15) is 47.4 Å². The van der Waals surface area contributed by atoms with Gasteiger partial charge in [0.2, 0.25) is 5.95 Å². The van der Waals surface area contributed by atoms with Gasteiger partial charge in [0.25, 0.3) is 0 Å². The van der Waals surface area contributed by atoms with Gasteiger partial charge in [0, 0.05) is 28.8 Å². The highest BCUT2D eigenvalue weighted by atomic mass is 16.5. The first-order valence-corrected chi connectivity index (χ1v) is 10.9. The van der Waals surface area contributed by atoms with Crippen molar-refractivity contribution in [3.05, 3.63) is 101 Å². The second-order valence-corrected chi connectivity index (χ2v) is 8.72. The van der Waals surface area contributed by atoms with Crippen molar-refractivity contribution in [3.8, 4) is 0 Å². The molecule has 0 saturated heterocycles. The van der Waals surface area contributed by atoms with Crippen molar-refractivity contribution in [1.82, 2.24) is 15.1 Å². The second kappa shape index (κ2) is 7.05. The molecule has 3 unspecified atom stereocenters. The van der Waals surface area contributed by atoms with Gasteiger partial charge < -0.3 is 9.84 Å². The predicted molar refractivity (Wildman–Crippen MR) is 119 cm³/mol. The first-order chi connectivity index (χ1) is 15.3. The summed E-state index contributed by atoms with van der Waals surface area (Å²) in [5, 5.41) is 7.54. The SMILES string of the molecule is CC1c2oncc2CC2(c3ccccc3)c3nc(Nc4ccccc4)ncc3CCC12. The Kier molecular flexibility index (Phi) is 4.16. The second-order valence-electron chi connectivity index (χ2n) is 8.72. The number of anilines is 2. The highest BCUT2D eigenvalue weighted by Crippen LogP contribution is 2.56. The Morgan fingerprint density at radius 2 is 1.74 bits per heavy atom. The van der Waals surface area contributed by atoms with Crippen molar-refractivity contribution >= 4 is 11.6 Å². The normalized spacial score (nSPS) is 24.0.